The first-order valence-electron chi connectivity index (χ1n) is 13.2. The molecule has 0 heterocycles. The predicted molar refractivity (Wildman–Crippen MR) is 156 cm³/mol. The fourth-order valence-corrected chi connectivity index (χ4v) is 5.89. The molecule has 4 N–H and O–H groups in total. The van der Waals surface area contributed by atoms with Gasteiger partial charge in [-0.2, -0.15) is 0 Å². The first kappa shape index (κ1) is 29.9. The van der Waals surface area contributed by atoms with Gasteiger partial charge in [0.2, 0.25) is 17.7 Å². The maximum Gasteiger partial charge on any atom is 0.244 e. The molecule has 3 aromatic carbocycles. The zero-order valence-electron chi connectivity index (χ0n) is 22.3. The van der Waals surface area contributed by atoms with E-state index in [9.17, 15) is 19.5 Å². The standard InChI is InChI=1S/C31H37N3O4S/c1-2-3-7-20-29(37)34(22-27(32)35)30(38)21-33-28(36)23-39-31(24-14-8-4-9-15-24,25-16-10-5-11-17-25)26-18-12-6-13-19-26/h4-6,8-19,29,37H,2-3,7,20-23H2,1H3,(H2,32,35)(H,33,36)/t29-/m0/s1. The summed E-state index contributed by atoms with van der Waals surface area (Å²) in [5, 5.41) is 13.2. The third kappa shape index (κ3) is 8.18. The van der Waals surface area contributed by atoms with Crippen LogP contribution < -0.4 is 11.1 Å². The van der Waals surface area contributed by atoms with Gasteiger partial charge in [0.05, 0.1) is 17.0 Å². The second kappa shape index (κ2) is 15.1. The quantitative estimate of drug-likeness (QED) is 0.151. The number of benzene rings is 3. The third-order valence-corrected chi connectivity index (χ3v) is 8.02. The van der Waals surface area contributed by atoms with Crippen molar-refractivity contribution in [1.82, 2.24) is 10.2 Å². The summed E-state index contributed by atoms with van der Waals surface area (Å²) in [7, 11) is 0. The third-order valence-electron chi connectivity index (χ3n) is 6.47. The topological polar surface area (TPSA) is 113 Å². The fraction of sp³-hybridized carbons (Fsp3) is 0.323. The molecule has 1 atom stereocenters. The Kier molecular flexibility index (Phi) is 11.6. The van der Waals surface area contributed by atoms with Crippen LogP contribution in [0.25, 0.3) is 0 Å². The Balaban J connectivity index is 1.78. The van der Waals surface area contributed by atoms with Gasteiger partial charge in [-0.15, -0.1) is 11.8 Å². The van der Waals surface area contributed by atoms with E-state index in [1.165, 1.54) is 11.8 Å². The molecule has 3 amide bonds. The number of carbonyl (C=O) groups is 3. The molecule has 3 rings (SSSR count). The molecule has 0 radical (unpaired) electrons. The molecule has 206 valence electrons. The van der Waals surface area contributed by atoms with Crippen LogP contribution in [0.4, 0.5) is 0 Å². The molecule has 0 aliphatic rings. The van der Waals surface area contributed by atoms with Gasteiger partial charge in [-0.05, 0) is 29.5 Å². The molecule has 7 nitrogen and oxygen atoms in total. The van der Waals surface area contributed by atoms with E-state index in [0.29, 0.717) is 12.8 Å². The number of thioether (sulfide) groups is 1. The summed E-state index contributed by atoms with van der Waals surface area (Å²) in [6.45, 7) is 1.29. The number of nitrogens with zero attached hydrogens (tertiary/aromatic N) is 1. The largest absolute Gasteiger partial charge is 0.374 e. The summed E-state index contributed by atoms with van der Waals surface area (Å²) in [4.78, 5) is 38.5. The number of hydrogen-bond donors (Lipinski definition) is 3. The lowest BCUT2D eigenvalue weighted by atomic mass is 9.84. The summed E-state index contributed by atoms with van der Waals surface area (Å²) in [5.41, 5.74) is 8.39. The van der Waals surface area contributed by atoms with Crippen molar-refractivity contribution >= 4 is 29.5 Å². The summed E-state index contributed by atoms with van der Waals surface area (Å²) < 4.78 is -0.668. The minimum Gasteiger partial charge on any atom is -0.374 e. The highest BCUT2D eigenvalue weighted by atomic mass is 32.2. The van der Waals surface area contributed by atoms with Crippen molar-refractivity contribution in [3.63, 3.8) is 0 Å². The maximum atomic E-state index is 13.1. The van der Waals surface area contributed by atoms with Crippen LogP contribution in [0, 0.1) is 0 Å². The van der Waals surface area contributed by atoms with Gasteiger partial charge in [0, 0.05) is 0 Å². The lowest BCUT2D eigenvalue weighted by Gasteiger charge is -2.35. The second-order valence-electron chi connectivity index (χ2n) is 9.31. The molecule has 3 aromatic rings. The van der Waals surface area contributed by atoms with Gasteiger partial charge in [0.1, 0.15) is 12.8 Å². The van der Waals surface area contributed by atoms with Crippen molar-refractivity contribution in [2.24, 2.45) is 5.73 Å². The molecule has 0 fully saturated rings. The number of nitrogens with two attached hydrogens (primary N) is 1. The first-order valence-corrected chi connectivity index (χ1v) is 14.2. The normalized spacial score (nSPS) is 11.9. The molecular formula is C31H37N3O4S. The highest BCUT2D eigenvalue weighted by Crippen LogP contribution is 2.48. The number of unbranched alkanes of at least 4 members (excludes halogenated alkanes) is 2. The number of carbonyl (C=O) groups excluding carboxylic acids is 3. The van der Waals surface area contributed by atoms with Gasteiger partial charge in [-0.25, -0.2) is 0 Å². The van der Waals surface area contributed by atoms with Crippen LogP contribution in [0.3, 0.4) is 0 Å². The Labute approximate surface area is 234 Å². The van der Waals surface area contributed by atoms with E-state index in [1.807, 2.05) is 61.5 Å². The predicted octanol–water partition coefficient (Wildman–Crippen LogP) is 4.04. The second-order valence-corrected chi connectivity index (χ2v) is 10.5. The minimum absolute atomic E-state index is 0.0703. The fourth-order valence-electron chi connectivity index (χ4n) is 4.53. The SMILES string of the molecule is CCCCC[C@H](O)N(CC(N)=O)C(=O)CNC(=O)CSC(c1ccccc1)(c1ccccc1)c1ccccc1. The number of aliphatic hydroxyl groups is 1. The van der Waals surface area contributed by atoms with Crippen LogP contribution >= 0.6 is 11.8 Å². The molecule has 39 heavy (non-hydrogen) atoms. The van der Waals surface area contributed by atoms with E-state index >= 15 is 0 Å². The average molecular weight is 548 g/mol. The molecule has 0 spiro atoms. The Bertz CT molecular complexity index is 1100. The molecule has 0 bridgehead atoms. The first-order chi connectivity index (χ1) is 18.9. The number of aliphatic hydroxyl groups excluding tert-OH is 1. The van der Waals surface area contributed by atoms with E-state index < -0.39 is 29.3 Å². The Morgan fingerprint density at radius 1 is 0.872 bits per heavy atom. The van der Waals surface area contributed by atoms with Gasteiger partial charge >= 0.3 is 0 Å². The molecular weight excluding hydrogens is 510 g/mol. The molecule has 0 saturated heterocycles. The van der Waals surface area contributed by atoms with Crippen molar-refractivity contribution in [3.8, 4) is 0 Å². The number of rotatable bonds is 15. The van der Waals surface area contributed by atoms with Crippen LogP contribution in [-0.2, 0) is 19.1 Å². The van der Waals surface area contributed by atoms with Crippen LogP contribution in [-0.4, -0.2) is 52.8 Å². The van der Waals surface area contributed by atoms with Crippen molar-refractivity contribution < 1.29 is 19.5 Å². The van der Waals surface area contributed by atoms with Crippen LogP contribution in [0.5, 0.6) is 0 Å². The van der Waals surface area contributed by atoms with Crippen molar-refractivity contribution in [1.29, 1.82) is 0 Å². The molecule has 0 aliphatic carbocycles. The molecule has 0 aliphatic heterocycles. The maximum absolute atomic E-state index is 13.1. The van der Waals surface area contributed by atoms with Gasteiger partial charge in [-0.3, -0.25) is 14.4 Å². The van der Waals surface area contributed by atoms with E-state index in [0.717, 1.165) is 34.4 Å². The number of nitrogens with one attached hydrogen (secondary N) is 1. The lowest BCUT2D eigenvalue weighted by Crippen LogP contribution is -2.49. The van der Waals surface area contributed by atoms with Crippen LogP contribution in [0.2, 0.25) is 0 Å². The van der Waals surface area contributed by atoms with Gasteiger partial charge in [0.15, 0.2) is 0 Å². The van der Waals surface area contributed by atoms with Crippen molar-refractivity contribution in [3.05, 3.63) is 108 Å². The van der Waals surface area contributed by atoms with Crippen LogP contribution in [0.15, 0.2) is 91.0 Å². The summed E-state index contributed by atoms with van der Waals surface area (Å²) in [5.74, 6) is -1.55. The van der Waals surface area contributed by atoms with Crippen molar-refractivity contribution in [2.75, 3.05) is 18.8 Å². The van der Waals surface area contributed by atoms with E-state index in [1.54, 1.807) is 0 Å². The van der Waals surface area contributed by atoms with Gasteiger partial charge in [-0.1, -0.05) is 111 Å². The molecule has 0 aromatic heterocycles. The van der Waals surface area contributed by atoms with E-state index in [-0.39, 0.29) is 18.2 Å². The number of amides is 3. The lowest BCUT2D eigenvalue weighted by molar-refractivity contribution is -0.145. The molecule has 0 unspecified atom stereocenters. The highest BCUT2D eigenvalue weighted by Gasteiger charge is 2.37. The van der Waals surface area contributed by atoms with E-state index in [4.69, 9.17) is 5.73 Å². The smallest absolute Gasteiger partial charge is 0.244 e. The number of primary amides is 1. The van der Waals surface area contributed by atoms with Gasteiger partial charge in [0.25, 0.3) is 0 Å². The minimum atomic E-state index is -1.13. The monoisotopic (exact) mass is 547 g/mol. The molecule has 0 saturated carbocycles. The summed E-state index contributed by atoms with van der Waals surface area (Å²) in [6.07, 6.45) is 1.77. The van der Waals surface area contributed by atoms with E-state index in [2.05, 4.69) is 41.7 Å². The summed E-state index contributed by atoms with van der Waals surface area (Å²) >= 11 is 1.47. The zero-order chi connectivity index (χ0) is 28.1. The van der Waals surface area contributed by atoms with Crippen molar-refractivity contribution in [2.45, 2.75) is 43.6 Å². The average Bonchev–Trinajstić information content (AvgIpc) is 2.96. The Hall–Kier alpha value is -3.62. The molecule has 8 heteroatoms. The Morgan fingerprint density at radius 2 is 1.36 bits per heavy atom. The highest BCUT2D eigenvalue weighted by molar-refractivity contribution is 8.01. The zero-order valence-corrected chi connectivity index (χ0v) is 23.1. The summed E-state index contributed by atoms with van der Waals surface area (Å²) in [6, 6.07) is 30.1. The number of hydrogen-bond acceptors (Lipinski definition) is 5. The van der Waals surface area contributed by atoms with Gasteiger partial charge < -0.3 is 21.1 Å². The van der Waals surface area contributed by atoms with Crippen LogP contribution in [0.1, 0.15) is 49.3 Å². The Morgan fingerprint density at radius 3 is 1.79 bits per heavy atom.